The van der Waals surface area contributed by atoms with E-state index in [1.165, 1.54) is 60.1 Å². The van der Waals surface area contributed by atoms with Gasteiger partial charge in [0.15, 0.2) is 28.9 Å². The summed E-state index contributed by atoms with van der Waals surface area (Å²) in [5.74, 6) is 5.19. The number of ether oxygens (including phenoxy) is 3. The molecule has 0 N–H and O–H groups in total. The largest absolute Gasteiger partial charge is 0.495 e. The number of fused-ring (bicyclic) bond motifs is 6. The van der Waals surface area contributed by atoms with E-state index in [1.807, 2.05) is 96.2 Å². The van der Waals surface area contributed by atoms with Gasteiger partial charge in [-0.3, -0.25) is 43.6 Å². The Labute approximate surface area is 777 Å². The molecule has 7 aliphatic rings. The van der Waals surface area contributed by atoms with Crippen LogP contribution in [-0.2, 0) is 42.1 Å². The number of benzene rings is 6. The van der Waals surface area contributed by atoms with Crippen molar-refractivity contribution >= 4 is 78.4 Å². The number of piperazine rings is 1. The molecule has 1 aliphatic carbocycles. The lowest BCUT2D eigenvalue weighted by atomic mass is 9.85. The second-order valence-electron chi connectivity index (χ2n) is 37.5. The van der Waals surface area contributed by atoms with Crippen molar-refractivity contribution in [3.63, 3.8) is 0 Å². The van der Waals surface area contributed by atoms with E-state index in [1.54, 1.807) is 47.4 Å². The lowest BCUT2D eigenvalue weighted by Gasteiger charge is -2.39. The van der Waals surface area contributed by atoms with Gasteiger partial charge in [0.05, 0.1) is 56.0 Å². The maximum absolute atomic E-state index is 13.0. The fraction of sp³-hybridized carbons (Fsp3) is 0.472. The molecular formula is C108H134N14O10. The van der Waals surface area contributed by atoms with E-state index in [9.17, 15) is 28.8 Å². The van der Waals surface area contributed by atoms with Crippen molar-refractivity contribution in [2.45, 2.75) is 175 Å². The van der Waals surface area contributed by atoms with Crippen molar-refractivity contribution in [2.75, 3.05) is 145 Å². The molecule has 2 unspecified atom stereocenters. The molecule has 12 heterocycles. The first-order chi connectivity index (χ1) is 64.4. The number of carbonyl (C=O) groups excluding carboxylic acids is 6. The van der Waals surface area contributed by atoms with Crippen LogP contribution in [0.3, 0.4) is 0 Å². The van der Waals surface area contributed by atoms with Crippen molar-refractivity contribution in [1.29, 1.82) is 0 Å². The highest BCUT2D eigenvalue weighted by atomic mass is 16.5. The Balaban J connectivity index is 0.000000129. The van der Waals surface area contributed by atoms with E-state index in [0.717, 1.165) is 265 Å². The topological polar surface area (TPSA) is 224 Å². The molecule has 0 spiro atoms. The van der Waals surface area contributed by atoms with E-state index in [-0.39, 0.29) is 35.0 Å². The average Bonchev–Trinajstić information content (AvgIpc) is 1.55. The Kier molecular flexibility index (Phi) is 32.2. The molecule has 6 aliphatic heterocycles. The molecule has 24 nitrogen and oxygen atoms in total. The number of para-hydroxylation sites is 4. The molecule has 6 aromatic carbocycles. The predicted molar refractivity (Wildman–Crippen MR) is 521 cm³/mol. The summed E-state index contributed by atoms with van der Waals surface area (Å²) < 4.78 is 31.1. The molecule has 6 saturated heterocycles. The molecule has 1 saturated carbocycles. The quantitative estimate of drug-likeness (QED) is 0.0349. The van der Waals surface area contributed by atoms with E-state index < -0.39 is 0 Å². The number of rotatable bonds is 33. The van der Waals surface area contributed by atoms with Crippen LogP contribution in [0.25, 0.3) is 55.0 Å². The summed E-state index contributed by atoms with van der Waals surface area (Å²) in [6, 6.07) is 49.9. The first kappa shape index (κ1) is 94.1. The van der Waals surface area contributed by atoms with Gasteiger partial charge in [-0.15, -0.1) is 0 Å². The number of nitrogens with zero attached hydrogens (tertiary/aromatic N) is 14. The van der Waals surface area contributed by atoms with Crippen molar-refractivity contribution in [3.8, 4) is 22.9 Å². The Hall–Kier alpha value is -11.1. The van der Waals surface area contributed by atoms with Gasteiger partial charge >= 0.3 is 0 Å². The van der Waals surface area contributed by atoms with Crippen molar-refractivity contribution in [3.05, 3.63) is 233 Å². The molecule has 24 heteroatoms. The van der Waals surface area contributed by atoms with Crippen LogP contribution < -0.4 is 9.47 Å². The van der Waals surface area contributed by atoms with Crippen molar-refractivity contribution in [2.24, 2.45) is 11.8 Å². The third-order valence-corrected chi connectivity index (χ3v) is 28.4. The number of likely N-dealkylation sites (tertiary alicyclic amines) is 1. The van der Waals surface area contributed by atoms with Gasteiger partial charge in [-0.1, -0.05) is 126 Å². The van der Waals surface area contributed by atoms with Crippen LogP contribution in [0.1, 0.15) is 191 Å². The normalized spacial score (nSPS) is 18.5. The Morgan fingerprint density at radius 2 is 0.894 bits per heavy atom. The van der Waals surface area contributed by atoms with Gasteiger partial charge < -0.3 is 61.5 Å². The molecule has 2 atom stereocenters. The molecule has 132 heavy (non-hydrogen) atoms. The van der Waals surface area contributed by atoms with Crippen LogP contribution in [0.4, 0.5) is 0 Å². The number of piperidine rings is 2. The summed E-state index contributed by atoms with van der Waals surface area (Å²) in [5, 5.41) is 8.29. The number of morpholine rings is 1. The molecule has 19 rings (SSSR count). The van der Waals surface area contributed by atoms with Crippen molar-refractivity contribution < 1.29 is 47.5 Å². The Morgan fingerprint density at radius 1 is 0.439 bits per heavy atom. The van der Waals surface area contributed by atoms with Crippen molar-refractivity contribution in [1.82, 2.24) is 67.7 Å². The molecule has 696 valence electrons. The SMILES string of the molecule is CC(=O)c1cn(CCCN2CCC(c3nc(-c4ccncc4)no3)CC2)c2c(C)cccc12.CC(=O)c1cn(CCCN2CCCN(CCc3ccccc3)CC2)c2c(C)cccc12.COc1cccc2c(C(=O)C3CC3)cn(CCCN3C4CCC3CC(CC(=O)c3ccccc3)C4)c12.COc1cccc2c(C(C)=O)cn(CCCN3CCN(CC(=O)N4CCOCC4)CC3)c12. The van der Waals surface area contributed by atoms with Crippen LogP contribution in [0, 0.1) is 25.7 Å². The van der Waals surface area contributed by atoms with E-state index in [0.29, 0.717) is 74.8 Å². The first-order valence-corrected chi connectivity index (χ1v) is 48.5. The van der Waals surface area contributed by atoms with Gasteiger partial charge in [-0.05, 0) is 217 Å². The van der Waals surface area contributed by atoms with Gasteiger partial charge in [0, 0.05) is 214 Å². The number of hydrogen-bond acceptors (Lipinski definition) is 19. The van der Waals surface area contributed by atoms with Gasteiger partial charge in [-0.25, -0.2) is 0 Å². The van der Waals surface area contributed by atoms with E-state index >= 15 is 0 Å². The summed E-state index contributed by atoms with van der Waals surface area (Å²) in [4.78, 5) is 100. The van der Waals surface area contributed by atoms with Gasteiger partial charge in [-0.2, -0.15) is 4.98 Å². The third-order valence-electron chi connectivity index (χ3n) is 28.4. The molecule has 7 fully saturated rings. The van der Waals surface area contributed by atoms with Gasteiger partial charge in [0.2, 0.25) is 17.6 Å². The number of methoxy groups -OCH3 is 2. The number of carbonyl (C=O) groups is 6. The average molecular weight is 1790 g/mol. The number of ketones is 5. The summed E-state index contributed by atoms with van der Waals surface area (Å²) in [7, 11) is 3.38. The second kappa shape index (κ2) is 45.1. The fourth-order valence-electron chi connectivity index (χ4n) is 21.2. The zero-order valence-electron chi connectivity index (χ0n) is 78.6. The summed E-state index contributed by atoms with van der Waals surface area (Å²) in [6.07, 6.45) is 27.7. The molecular weight excluding hydrogens is 1650 g/mol. The second-order valence-corrected chi connectivity index (χ2v) is 37.5. The highest BCUT2D eigenvalue weighted by molar-refractivity contribution is 6.12. The minimum atomic E-state index is 0.0738. The van der Waals surface area contributed by atoms with E-state index in [2.05, 4.69) is 156 Å². The monoisotopic (exact) mass is 1790 g/mol. The van der Waals surface area contributed by atoms with Crippen LogP contribution in [0.15, 0.2) is 187 Å². The summed E-state index contributed by atoms with van der Waals surface area (Å²) in [6.45, 7) is 31.9. The predicted octanol–water partition coefficient (Wildman–Crippen LogP) is 17.5. The van der Waals surface area contributed by atoms with E-state index in [4.69, 9.17) is 18.7 Å². The fourth-order valence-corrected chi connectivity index (χ4v) is 21.2. The number of aryl methyl sites for hydroxylation is 6. The zero-order valence-corrected chi connectivity index (χ0v) is 78.6. The van der Waals surface area contributed by atoms with Crippen LogP contribution in [0.2, 0.25) is 0 Å². The highest BCUT2D eigenvalue weighted by Gasteiger charge is 2.41. The lowest BCUT2D eigenvalue weighted by Crippen LogP contribution is -2.51. The van der Waals surface area contributed by atoms with Gasteiger partial charge in [0.25, 0.3) is 0 Å². The molecule has 2 bridgehead atoms. The zero-order chi connectivity index (χ0) is 91.6. The maximum Gasteiger partial charge on any atom is 0.236 e. The van der Waals surface area contributed by atoms with Crippen LogP contribution >= 0.6 is 0 Å². The Morgan fingerprint density at radius 3 is 1.41 bits per heavy atom. The summed E-state index contributed by atoms with van der Waals surface area (Å²) in [5.41, 5.74) is 13.4. The number of amides is 1. The maximum atomic E-state index is 13.0. The first-order valence-electron chi connectivity index (χ1n) is 48.5. The van der Waals surface area contributed by atoms with Crippen LogP contribution in [0.5, 0.6) is 11.5 Å². The summed E-state index contributed by atoms with van der Waals surface area (Å²) >= 11 is 0. The van der Waals surface area contributed by atoms with Crippen LogP contribution in [-0.4, -0.2) is 260 Å². The van der Waals surface area contributed by atoms with Gasteiger partial charge in [0.1, 0.15) is 11.5 Å². The number of pyridine rings is 1. The molecule has 1 amide bonds. The Bertz CT molecular complexity index is 5880. The number of Topliss-reactive ketones (excluding diaryl/α,β-unsaturated/α-hetero) is 5. The molecule has 6 aromatic heterocycles. The third kappa shape index (κ3) is 23.4. The molecule has 0 radical (unpaired) electrons. The number of aromatic nitrogens is 7. The minimum absolute atomic E-state index is 0.0738. The number of hydrogen-bond donors (Lipinski definition) is 0. The molecule has 12 aromatic rings. The minimum Gasteiger partial charge on any atom is -0.495 e. The standard InChI is InChI=1S/C31H36N2O3.C27H35N3O.C26H29N5O2.C24H34N4O4/c1-36-29-10-5-9-26-27(31(35)23-11-12-23)20-32(30(26)29)15-6-16-33-24-13-14-25(33)18-21(17-24)19-28(34)22-7-3-2-4-8-22;1-22-9-6-12-25-26(23(2)31)21-30(27(22)25)17-8-16-28-14-7-15-29(20-19-28)18-13-24-10-4-3-5-11-24;1-18-5-3-6-22-23(19(2)32)17-31(24(18)22)14-4-13-30-15-9-21(10-16-30)26-28-25(29-33-26)20-7-11-27-12-8-20;1-19(29)21-17-28(24-20(21)5-3-6-22(24)31-2)8-4-7-25-9-11-26(12-10-25)18-23(30)27-13-15-32-16-14-27/h2-5,7-10,20-21,23-25H,6,11-19H2,1H3;3-6,9-12,21H,7-8,13-20H2,1-2H3;3,5-8,11-12,17,21H,4,9-10,13-16H2,1-2H3;3,5-6,17H,4,7-16,18H2,1-2H3. The highest BCUT2D eigenvalue weighted by Crippen LogP contribution is 2.43. The lowest BCUT2D eigenvalue weighted by molar-refractivity contribution is -0.136. The smallest absolute Gasteiger partial charge is 0.236 e.